The Morgan fingerprint density at radius 2 is 1.85 bits per heavy atom. The lowest BCUT2D eigenvalue weighted by atomic mass is 10.0. The first-order valence-electron chi connectivity index (χ1n) is 6.69. The van der Waals surface area contributed by atoms with Gasteiger partial charge in [0.15, 0.2) is 0 Å². The Kier molecular flexibility index (Phi) is 8.26. The summed E-state index contributed by atoms with van der Waals surface area (Å²) in [5, 5.41) is 3.04. The van der Waals surface area contributed by atoms with Gasteiger partial charge in [-0.15, -0.1) is 12.4 Å². The molecule has 1 aromatic carbocycles. The van der Waals surface area contributed by atoms with Crippen molar-refractivity contribution in [1.82, 2.24) is 5.32 Å². The molecule has 4 nitrogen and oxygen atoms in total. The van der Waals surface area contributed by atoms with Crippen LogP contribution < -0.4 is 15.8 Å². The van der Waals surface area contributed by atoms with Crippen LogP contribution in [0.15, 0.2) is 24.3 Å². The highest BCUT2D eigenvalue weighted by molar-refractivity contribution is 5.85. The zero-order chi connectivity index (χ0) is 14.4. The van der Waals surface area contributed by atoms with Crippen LogP contribution in [0.1, 0.15) is 38.8 Å². The molecule has 0 fully saturated rings. The van der Waals surface area contributed by atoms with E-state index in [-0.39, 0.29) is 36.3 Å². The van der Waals surface area contributed by atoms with Crippen LogP contribution in [-0.4, -0.2) is 19.1 Å². The SMILES string of the molecule is CCC(NC(=O)C(C)C(C)N)c1ccc(OC)cc1.Cl. The molecule has 1 aromatic rings. The molecule has 0 bridgehead atoms. The molecule has 3 atom stereocenters. The molecule has 5 heteroatoms. The van der Waals surface area contributed by atoms with E-state index in [0.29, 0.717) is 0 Å². The van der Waals surface area contributed by atoms with Crippen LogP contribution >= 0.6 is 12.4 Å². The number of nitrogens with two attached hydrogens (primary N) is 1. The number of methoxy groups -OCH3 is 1. The number of ether oxygens (including phenoxy) is 1. The summed E-state index contributed by atoms with van der Waals surface area (Å²) in [4.78, 5) is 12.0. The van der Waals surface area contributed by atoms with E-state index < -0.39 is 0 Å². The summed E-state index contributed by atoms with van der Waals surface area (Å²) in [6, 6.07) is 7.62. The summed E-state index contributed by atoms with van der Waals surface area (Å²) in [6.45, 7) is 5.74. The standard InChI is InChI=1S/C15H24N2O2.ClH/c1-5-14(17-15(18)10(2)11(3)16)12-6-8-13(19-4)9-7-12;/h6-11,14H,5,16H2,1-4H3,(H,17,18);1H. The van der Waals surface area contributed by atoms with Crippen molar-refractivity contribution in [3.05, 3.63) is 29.8 Å². The second-order valence-electron chi connectivity index (χ2n) is 4.89. The highest BCUT2D eigenvalue weighted by Gasteiger charge is 2.20. The van der Waals surface area contributed by atoms with Gasteiger partial charge < -0.3 is 15.8 Å². The largest absolute Gasteiger partial charge is 0.497 e. The number of halogens is 1. The predicted octanol–water partition coefficient (Wildman–Crippen LogP) is 2.67. The van der Waals surface area contributed by atoms with Gasteiger partial charge in [0.25, 0.3) is 0 Å². The van der Waals surface area contributed by atoms with Gasteiger partial charge in [0.2, 0.25) is 5.91 Å². The van der Waals surface area contributed by atoms with Crippen molar-refractivity contribution in [2.75, 3.05) is 7.11 Å². The van der Waals surface area contributed by atoms with E-state index >= 15 is 0 Å². The average molecular weight is 301 g/mol. The third-order valence-corrected chi connectivity index (χ3v) is 3.45. The number of nitrogens with one attached hydrogen (secondary N) is 1. The molecule has 1 amide bonds. The Morgan fingerprint density at radius 1 is 1.30 bits per heavy atom. The molecule has 0 saturated carbocycles. The van der Waals surface area contributed by atoms with Crippen molar-refractivity contribution in [3.8, 4) is 5.75 Å². The van der Waals surface area contributed by atoms with Crippen LogP contribution in [0.5, 0.6) is 5.75 Å². The highest BCUT2D eigenvalue weighted by Crippen LogP contribution is 2.20. The van der Waals surface area contributed by atoms with Gasteiger partial charge in [0.1, 0.15) is 5.75 Å². The van der Waals surface area contributed by atoms with E-state index in [1.807, 2.05) is 45.0 Å². The fourth-order valence-electron chi connectivity index (χ4n) is 1.80. The van der Waals surface area contributed by atoms with Crippen molar-refractivity contribution >= 4 is 18.3 Å². The molecular formula is C15H25ClN2O2. The van der Waals surface area contributed by atoms with E-state index in [4.69, 9.17) is 10.5 Å². The number of benzene rings is 1. The maximum atomic E-state index is 12.0. The molecular weight excluding hydrogens is 276 g/mol. The van der Waals surface area contributed by atoms with E-state index in [1.165, 1.54) is 0 Å². The molecule has 3 unspecified atom stereocenters. The molecule has 1 rings (SSSR count). The minimum absolute atomic E-state index is 0. The van der Waals surface area contributed by atoms with Gasteiger partial charge in [-0.2, -0.15) is 0 Å². The van der Waals surface area contributed by atoms with Crippen molar-refractivity contribution < 1.29 is 9.53 Å². The Hall–Kier alpha value is -1.26. The first-order valence-corrected chi connectivity index (χ1v) is 6.69. The molecule has 0 aliphatic rings. The van der Waals surface area contributed by atoms with Gasteiger partial charge in [-0.3, -0.25) is 4.79 Å². The van der Waals surface area contributed by atoms with Crippen LogP contribution in [0.4, 0.5) is 0 Å². The van der Waals surface area contributed by atoms with E-state index in [1.54, 1.807) is 7.11 Å². The van der Waals surface area contributed by atoms with Gasteiger partial charge in [-0.25, -0.2) is 0 Å². The fraction of sp³-hybridized carbons (Fsp3) is 0.533. The minimum atomic E-state index is -0.188. The Balaban J connectivity index is 0.00000361. The Morgan fingerprint density at radius 3 is 2.25 bits per heavy atom. The lowest BCUT2D eigenvalue weighted by Crippen LogP contribution is -2.40. The first-order chi connectivity index (χ1) is 8.99. The molecule has 0 aliphatic heterocycles. The van der Waals surface area contributed by atoms with Crippen LogP contribution in [0.25, 0.3) is 0 Å². The normalized spacial score (nSPS) is 14.7. The number of hydrogen-bond donors (Lipinski definition) is 2. The smallest absolute Gasteiger partial charge is 0.224 e. The number of rotatable bonds is 6. The fourth-order valence-corrected chi connectivity index (χ4v) is 1.80. The number of carbonyl (C=O) groups is 1. The molecule has 3 N–H and O–H groups in total. The maximum Gasteiger partial charge on any atom is 0.224 e. The Bertz CT molecular complexity index is 407. The van der Waals surface area contributed by atoms with Crippen molar-refractivity contribution in [2.24, 2.45) is 11.7 Å². The summed E-state index contributed by atoms with van der Waals surface area (Å²) in [7, 11) is 1.64. The number of carbonyl (C=O) groups excluding carboxylic acids is 1. The summed E-state index contributed by atoms with van der Waals surface area (Å²) in [6.07, 6.45) is 0.837. The zero-order valence-electron chi connectivity index (χ0n) is 12.6. The van der Waals surface area contributed by atoms with E-state index in [9.17, 15) is 4.79 Å². The van der Waals surface area contributed by atoms with Gasteiger partial charge in [-0.05, 0) is 31.0 Å². The molecule has 20 heavy (non-hydrogen) atoms. The first kappa shape index (κ1) is 18.7. The van der Waals surface area contributed by atoms with Gasteiger partial charge in [0, 0.05) is 12.0 Å². The lowest BCUT2D eigenvalue weighted by Gasteiger charge is -2.22. The minimum Gasteiger partial charge on any atom is -0.497 e. The molecule has 0 saturated heterocycles. The molecule has 0 radical (unpaired) electrons. The highest BCUT2D eigenvalue weighted by atomic mass is 35.5. The summed E-state index contributed by atoms with van der Waals surface area (Å²) in [5.41, 5.74) is 6.83. The second kappa shape index (κ2) is 8.82. The molecule has 0 heterocycles. The maximum absolute atomic E-state index is 12.0. The van der Waals surface area contributed by atoms with E-state index in [2.05, 4.69) is 5.32 Å². The number of amides is 1. The molecule has 0 aliphatic carbocycles. The van der Waals surface area contributed by atoms with Crippen LogP contribution in [-0.2, 0) is 4.79 Å². The lowest BCUT2D eigenvalue weighted by molar-refractivity contribution is -0.125. The van der Waals surface area contributed by atoms with Crippen molar-refractivity contribution in [3.63, 3.8) is 0 Å². The van der Waals surface area contributed by atoms with Gasteiger partial charge in [-0.1, -0.05) is 26.0 Å². The van der Waals surface area contributed by atoms with Crippen molar-refractivity contribution in [1.29, 1.82) is 0 Å². The van der Waals surface area contributed by atoms with Gasteiger partial charge >= 0.3 is 0 Å². The third-order valence-electron chi connectivity index (χ3n) is 3.45. The van der Waals surface area contributed by atoms with Crippen molar-refractivity contribution in [2.45, 2.75) is 39.3 Å². The summed E-state index contributed by atoms with van der Waals surface area (Å²) in [5.74, 6) is 0.624. The topological polar surface area (TPSA) is 64.4 Å². The van der Waals surface area contributed by atoms with Crippen LogP contribution in [0, 0.1) is 5.92 Å². The Labute approximate surface area is 127 Å². The van der Waals surface area contributed by atoms with Crippen LogP contribution in [0.3, 0.4) is 0 Å². The quantitative estimate of drug-likeness (QED) is 0.849. The molecule has 114 valence electrons. The zero-order valence-corrected chi connectivity index (χ0v) is 13.4. The second-order valence-corrected chi connectivity index (χ2v) is 4.89. The van der Waals surface area contributed by atoms with Crippen LogP contribution in [0.2, 0.25) is 0 Å². The number of hydrogen-bond acceptors (Lipinski definition) is 3. The monoisotopic (exact) mass is 300 g/mol. The van der Waals surface area contributed by atoms with E-state index in [0.717, 1.165) is 17.7 Å². The average Bonchev–Trinajstić information content (AvgIpc) is 2.43. The summed E-state index contributed by atoms with van der Waals surface area (Å²) < 4.78 is 5.13. The predicted molar refractivity (Wildman–Crippen MR) is 84.2 cm³/mol. The molecule has 0 aromatic heterocycles. The third kappa shape index (κ3) is 5.02. The summed E-state index contributed by atoms with van der Waals surface area (Å²) >= 11 is 0. The molecule has 0 spiro atoms. The van der Waals surface area contributed by atoms with Gasteiger partial charge in [0.05, 0.1) is 13.2 Å².